The summed E-state index contributed by atoms with van der Waals surface area (Å²) in [6.07, 6.45) is -2.71. The molecule has 6 nitrogen and oxygen atoms in total. The number of ether oxygens (including phenoxy) is 6. The van der Waals surface area contributed by atoms with Crippen molar-refractivity contribution in [2.24, 2.45) is 0 Å². The molecule has 0 N–H and O–H groups in total. The molecule has 2 aliphatic heterocycles. The predicted molar refractivity (Wildman–Crippen MR) is 126 cm³/mol. The summed E-state index contributed by atoms with van der Waals surface area (Å²) in [7, 11) is 1.62. The summed E-state index contributed by atoms with van der Waals surface area (Å²) >= 11 is 0. The van der Waals surface area contributed by atoms with Crippen molar-refractivity contribution < 1.29 is 28.4 Å². The molecule has 3 aromatic rings. The Morgan fingerprint density at radius 1 is 0.706 bits per heavy atom. The Hall–Kier alpha value is -2.58. The van der Waals surface area contributed by atoms with Gasteiger partial charge in [-0.3, -0.25) is 0 Å². The van der Waals surface area contributed by atoms with Crippen LogP contribution in [0.4, 0.5) is 0 Å². The van der Waals surface area contributed by atoms with E-state index in [4.69, 9.17) is 28.4 Å². The first-order valence-electron chi connectivity index (χ1n) is 11.6. The van der Waals surface area contributed by atoms with Gasteiger partial charge in [0.25, 0.3) is 0 Å². The lowest BCUT2D eigenvalue weighted by Crippen LogP contribution is -2.63. The van der Waals surface area contributed by atoms with E-state index in [1.807, 2.05) is 91.0 Å². The minimum Gasteiger partial charge on any atom is -0.368 e. The molecule has 6 heteroatoms. The van der Waals surface area contributed by atoms with Gasteiger partial charge in [0.2, 0.25) is 0 Å². The molecule has 0 spiro atoms. The third-order valence-corrected chi connectivity index (χ3v) is 6.16. The topological polar surface area (TPSA) is 55.4 Å². The van der Waals surface area contributed by atoms with Crippen molar-refractivity contribution >= 4 is 0 Å². The van der Waals surface area contributed by atoms with Gasteiger partial charge in [0.05, 0.1) is 19.8 Å². The molecule has 178 valence electrons. The van der Waals surface area contributed by atoms with E-state index in [2.05, 4.69) is 0 Å². The average molecular weight is 463 g/mol. The van der Waals surface area contributed by atoms with Crippen molar-refractivity contribution in [3.8, 4) is 0 Å². The Kier molecular flexibility index (Phi) is 7.65. The first-order chi connectivity index (χ1) is 16.8. The Labute approximate surface area is 200 Å². The highest BCUT2D eigenvalue weighted by Crippen LogP contribution is 2.37. The van der Waals surface area contributed by atoms with Gasteiger partial charge in [-0.15, -0.1) is 0 Å². The van der Waals surface area contributed by atoms with Crippen LogP contribution in [0.1, 0.15) is 23.0 Å². The van der Waals surface area contributed by atoms with Gasteiger partial charge in [0, 0.05) is 12.7 Å². The molecule has 2 saturated heterocycles. The second kappa shape index (κ2) is 11.2. The molecular formula is C28H30O6. The van der Waals surface area contributed by atoms with Gasteiger partial charge in [0.15, 0.2) is 12.6 Å². The number of methoxy groups -OCH3 is 1. The second-order valence-electron chi connectivity index (χ2n) is 8.48. The zero-order valence-corrected chi connectivity index (χ0v) is 19.2. The van der Waals surface area contributed by atoms with E-state index in [0.29, 0.717) is 19.8 Å². The second-order valence-corrected chi connectivity index (χ2v) is 8.48. The minimum absolute atomic E-state index is 0.331. The largest absolute Gasteiger partial charge is 0.368 e. The van der Waals surface area contributed by atoms with Gasteiger partial charge < -0.3 is 28.4 Å². The van der Waals surface area contributed by atoms with Gasteiger partial charge in [-0.1, -0.05) is 91.0 Å². The maximum atomic E-state index is 6.49. The van der Waals surface area contributed by atoms with Crippen LogP contribution in [-0.2, 0) is 41.6 Å². The molecule has 3 aromatic carbocycles. The maximum absolute atomic E-state index is 6.49. The lowest BCUT2D eigenvalue weighted by Gasteiger charge is -2.48. The number of hydrogen-bond acceptors (Lipinski definition) is 6. The number of benzene rings is 3. The molecule has 2 fully saturated rings. The van der Waals surface area contributed by atoms with E-state index >= 15 is 0 Å². The molecule has 2 heterocycles. The molecule has 0 radical (unpaired) electrons. The Morgan fingerprint density at radius 3 is 1.85 bits per heavy atom. The highest BCUT2D eigenvalue weighted by atomic mass is 16.8. The summed E-state index contributed by atoms with van der Waals surface area (Å²) in [5.74, 6) is 0. The highest BCUT2D eigenvalue weighted by molar-refractivity contribution is 5.17. The van der Waals surface area contributed by atoms with Crippen LogP contribution in [0.5, 0.6) is 0 Å². The first-order valence-corrected chi connectivity index (χ1v) is 11.6. The summed E-state index contributed by atoms with van der Waals surface area (Å²) in [4.78, 5) is 0. The van der Waals surface area contributed by atoms with Crippen LogP contribution in [0.3, 0.4) is 0 Å². The van der Waals surface area contributed by atoms with Gasteiger partial charge in [-0.2, -0.15) is 0 Å². The van der Waals surface area contributed by atoms with Crippen LogP contribution in [0.15, 0.2) is 91.0 Å². The van der Waals surface area contributed by atoms with Crippen LogP contribution in [0.25, 0.3) is 0 Å². The van der Waals surface area contributed by atoms with E-state index in [0.717, 1.165) is 16.7 Å². The summed E-state index contributed by atoms with van der Waals surface area (Å²) in [5.41, 5.74) is 3.10. The van der Waals surface area contributed by atoms with Crippen molar-refractivity contribution in [1.29, 1.82) is 0 Å². The van der Waals surface area contributed by atoms with Gasteiger partial charge in [-0.05, 0) is 11.1 Å². The monoisotopic (exact) mass is 462 g/mol. The number of hydrogen-bond donors (Lipinski definition) is 0. The molecule has 2 aliphatic rings. The van der Waals surface area contributed by atoms with Gasteiger partial charge >= 0.3 is 0 Å². The van der Waals surface area contributed by atoms with Crippen molar-refractivity contribution in [2.75, 3.05) is 13.7 Å². The first kappa shape index (κ1) is 23.2. The molecule has 0 saturated carbocycles. The number of rotatable bonds is 8. The normalized spacial score (nSPS) is 28.9. The smallest absolute Gasteiger partial charge is 0.186 e. The third kappa shape index (κ3) is 5.39. The zero-order chi connectivity index (χ0) is 23.2. The van der Waals surface area contributed by atoms with Crippen molar-refractivity contribution in [3.05, 3.63) is 108 Å². The molecule has 0 bridgehead atoms. The number of fused-ring (bicyclic) bond motifs is 1. The third-order valence-electron chi connectivity index (χ3n) is 6.16. The summed E-state index contributed by atoms with van der Waals surface area (Å²) in [6, 6.07) is 30.0. The van der Waals surface area contributed by atoms with E-state index in [1.165, 1.54) is 0 Å². The van der Waals surface area contributed by atoms with E-state index < -0.39 is 24.8 Å². The van der Waals surface area contributed by atoms with Crippen molar-refractivity contribution in [2.45, 2.75) is 50.2 Å². The Bertz CT molecular complexity index is 993. The van der Waals surface area contributed by atoms with Gasteiger partial charge in [0.1, 0.15) is 24.4 Å². The van der Waals surface area contributed by atoms with Crippen LogP contribution in [-0.4, -0.2) is 44.4 Å². The lowest BCUT2D eigenvalue weighted by molar-refractivity contribution is -0.369. The fourth-order valence-corrected chi connectivity index (χ4v) is 4.42. The van der Waals surface area contributed by atoms with Crippen LogP contribution >= 0.6 is 0 Å². The molecular weight excluding hydrogens is 432 g/mol. The van der Waals surface area contributed by atoms with Crippen LogP contribution in [0, 0.1) is 0 Å². The SMILES string of the molecule is CO[C@H]1O[C@@H]2COC(c3ccccc3)O[C@H]2[C@H](OCc2ccccc2)[C@@H]1OCc1ccccc1. The van der Waals surface area contributed by atoms with E-state index in [-0.39, 0.29) is 12.2 Å². The lowest BCUT2D eigenvalue weighted by atomic mass is 9.97. The quantitative estimate of drug-likeness (QED) is 0.486. The summed E-state index contributed by atoms with van der Waals surface area (Å²) in [5, 5.41) is 0. The standard InChI is InChI=1S/C28H30O6/c1-29-28-26(31-18-21-13-7-3-8-14-21)25(30-17-20-11-5-2-6-12-20)24-23(33-28)19-32-27(34-24)22-15-9-4-10-16-22/h2-16,23-28H,17-19H2,1H3/t23-,24-,25+,26+,27?,28+/m1/s1. The molecule has 5 rings (SSSR count). The highest BCUT2D eigenvalue weighted by Gasteiger charge is 2.51. The molecule has 6 atom stereocenters. The van der Waals surface area contributed by atoms with Crippen LogP contribution < -0.4 is 0 Å². The fourth-order valence-electron chi connectivity index (χ4n) is 4.42. The fraction of sp³-hybridized carbons (Fsp3) is 0.357. The van der Waals surface area contributed by atoms with E-state index in [1.54, 1.807) is 7.11 Å². The predicted octanol–water partition coefficient (Wildman–Crippen LogP) is 4.64. The maximum Gasteiger partial charge on any atom is 0.186 e. The average Bonchev–Trinajstić information content (AvgIpc) is 2.91. The zero-order valence-electron chi connectivity index (χ0n) is 19.2. The molecule has 0 amide bonds. The van der Waals surface area contributed by atoms with Crippen molar-refractivity contribution in [3.63, 3.8) is 0 Å². The molecule has 34 heavy (non-hydrogen) atoms. The Morgan fingerprint density at radius 2 is 1.26 bits per heavy atom. The minimum atomic E-state index is -0.605. The molecule has 0 aliphatic carbocycles. The summed E-state index contributed by atoms with van der Waals surface area (Å²) < 4.78 is 37.2. The van der Waals surface area contributed by atoms with E-state index in [9.17, 15) is 0 Å². The molecule has 1 unspecified atom stereocenters. The molecule has 0 aromatic heterocycles. The van der Waals surface area contributed by atoms with Crippen LogP contribution in [0.2, 0.25) is 0 Å². The Balaban J connectivity index is 1.39. The van der Waals surface area contributed by atoms with Crippen molar-refractivity contribution in [1.82, 2.24) is 0 Å². The summed E-state index contributed by atoms with van der Waals surface area (Å²) in [6.45, 7) is 1.22. The van der Waals surface area contributed by atoms with Gasteiger partial charge in [-0.25, -0.2) is 0 Å².